The fraction of sp³-hybridized carbons (Fsp3) is 0.818. The van der Waals surface area contributed by atoms with Gasteiger partial charge in [0.1, 0.15) is 0 Å². The number of fused-ring (bicyclic) bond motifs is 2. The molecule has 0 unspecified atom stereocenters. The summed E-state index contributed by atoms with van der Waals surface area (Å²) in [5.74, 6) is 4.82. The van der Waals surface area contributed by atoms with Gasteiger partial charge in [0.15, 0.2) is 0 Å². The van der Waals surface area contributed by atoms with Crippen LogP contribution in [-0.4, -0.2) is 13.9 Å². The second kappa shape index (κ2) is 2.62. The van der Waals surface area contributed by atoms with Gasteiger partial charge in [0.25, 0.3) is 0 Å². The predicted molar refractivity (Wildman–Crippen MR) is 53.7 cm³/mol. The molecule has 0 atom stereocenters. The third-order valence-corrected chi connectivity index (χ3v) is 8.05. The third-order valence-electron chi connectivity index (χ3n) is 3.68. The molecule has 4 bridgehead atoms. The average Bonchev–Trinajstić information content (AvgIpc) is 2.39. The van der Waals surface area contributed by atoms with E-state index in [2.05, 4.69) is 5.82 Å². The summed E-state index contributed by atoms with van der Waals surface area (Å²) in [6.07, 6.45) is 6.05. The molecule has 0 saturated carbocycles. The van der Waals surface area contributed by atoms with Crippen molar-refractivity contribution in [3.8, 4) is 0 Å². The first kappa shape index (κ1) is 7.64. The van der Waals surface area contributed by atoms with Gasteiger partial charge in [-0.25, -0.2) is 0 Å². The van der Waals surface area contributed by atoms with E-state index in [1.807, 2.05) is 11.1 Å². The van der Waals surface area contributed by atoms with Gasteiger partial charge in [0, 0.05) is 0 Å². The van der Waals surface area contributed by atoms with Crippen LogP contribution in [0.1, 0.15) is 25.7 Å². The quantitative estimate of drug-likeness (QED) is 0.441. The summed E-state index contributed by atoms with van der Waals surface area (Å²) in [7, 11) is 0. The van der Waals surface area contributed by atoms with Gasteiger partial charge in [0.05, 0.1) is 0 Å². The summed E-state index contributed by atoms with van der Waals surface area (Å²) in [6.45, 7) is 0. The number of hydrogen-bond acceptors (Lipinski definition) is 0. The fourth-order valence-electron chi connectivity index (χ4n) is 3.39. The van der Waals surface area contributed by atoms with Crippen molar-refractivity contribution in [2.45, 2.75) is 42.1 Å². The van der Waals surface area contributed by atoms with Crippen LogP contribution in [0.4, 0.5) is 0 Å². The second-order valence-electron chi connectivity index (χ2n) is 4.87. The molecule has 0 aromatic rings. The minimum absolute atomic E-state index is 0.136. The van der Waals surface area contributed by atoms with Crippen LogP contribution in [0.2, 0.25) is 16.5 Å². The Morgan fingerprint density at radius 3 is 1.75 bits per heavy atom. The van der Waals surface area contributed by atoms with Gasteiger partial charge >= 0.3 is 79.0 Å². The molecule has 2 saturated heterocycles. The molecule has 4 rings (SSSR count). The van der Waals surface area contributed by atoms with Crippen LogP contribution in [0.5, 0.6) is 0 Å². The summed E-state index contributed by atoms with van der Waals surface area (Å²) in [5.41, 5.74) is 3.81. The van der Waals surface area contributed by atoms with Crippen molar-refractivity contribution in [1.29, 1.82) is 0 Å². The van der Waals surface area contributed by atoms with Crippen LogP contribution in [0, 0.1) is 11.8 Å². The molecule has 4 aliphatic rings. The molecule has 2 aliphatic heterocycles. The van der Waals surface area contributed by atoms with Crippen molar-refractivity contribution in [1.82, 2.24) is 0 Å². The first-order valence-electron chi connectivity index (χ1n) is 5.10. The molecule has 0 radical (unpaired) electrons. The van der Waals surface area contributed by atoms with Crippen molar-refractivity contribution in [3.63, 3.8) is 0 Å². The standard InChI is InChI=1S/C11H17Se/c1-12-6-8-2-10-4-9(7-12)5-11(10)3-8/h8-9H,2-7H2,1H3/q+1. The maximum atomic E-state index is 2.58. The molecule has 1 heteroatoms. The zero-order valence-corrected chi connectivity index (χ0v) is 9.52. The Morgan fingerprint density at radius 1 is 0.917 bits per heavy atom. The molecule has 0 aromatic carbocycles. The Hall–Kier alpha value is 0.259. The van der Waals surface area contributed by atoms with Gasteiger partial charge in [0.2, 0.25) is 0 Å². The van der Waals surface area contributed by atoms with Crippen molar-refractivity contribution in [2.75, 3.05) is 0 Å². The fourth-order valence-corrected chi connectivity index (χ4v) is 8.04. The minimum atomic E-state index is -0.136. The first-order chi connectivity index (χ1) is 5.81. The van der Waals surface area contributed by atoms with Crippen LogP contribution < -0.4 is 0 Å². The van der Waals surface area contributed by atoms with Crippen LogP contribution in [0.15, 0.2) is 11.1 Å². The molecule has 66 valence electrons. The Kier molecular flexibility index (Phi) is 1.67. The van der Waals surface area contributed by atoms with Gasteiger partial charge in [-0.15, -0.1) is 0 Å². The van der Waals surface area contributed by atoms with Crippen molar-refractivity contribution >= 4 is 13.9 Å². The van der Waals surface area contributed by atoms with Gasteiger partial charge in [-0.2, -0.15) is 0 Å². The summed E-state index contributed by atoms with van der Waals surface area (Å²) < 4.78 is 0. The molecule has 0 aromatic heterocycles. The van der Waals surface area contributed by atoms with Crippen LogP contribution in [0.25, 0.3) is 0 Å². The molecule has 2 heterocycles. The van der Waals surface area contributed by atoms with E-state index in [0.29, 0.717) is 0 Å². The van der Waals surface area contributed by atoms with E-state index in [1.54, 1.807) is 10.6 Å². The number of hydrogen-bond donors (Lipinski definition) is 0. The van der Waals surface area contributed by atoms with E-state index in [0.717, 1.165) is 11.8 Å². The van der Waals surface area contributed by atoms with Crippen LogP contribution >= 0.6 is 0 Å². The van der Waals surface area contributed by atoms with Crippen LogP contribution in [0.3, 0.4) is 0 Å². The first-order valence-corrected chi connectivity index (χ1v) is 9.24. The molecular formula is C11H17Se+. The average molecular weight is 228 g/mol. The molecule has 0 nitrogen and oxygen atoms in total. The van der Waals surface area contributed by atoms with Gasteiger partial charge in [-0.1, -0.05) is 0 Å². The monoisotopic (exact) mass is 229 g/mol. The summed E-state index contributed by atoms with van der Waals surface area (Å²) in [5, 5.41) is 3.28. The van der Waals surface area contributed by atoms with Gasteiger partial charge in [-0.3, -0.25) is 0 Å². The molecular weight excluding hydrogens is 211 g/mol. The molecule has 0 spiro atoms. The summed E-state index contributed by atoms with van der Waals surface area (Å²) >= 11 is -0.136. The van der Waals surface area contributed by atoms with Crippen LogP contribution in [-0.2, 0) is 0 Å². The summed E-state index contributed by atoms with van der Waals surface area (Å²) in [6, 6.07) is 0. The molecule has 12 heavy (non-hydrogen) atoms. The Balaban J connectivity index is 1.89. The Labute approximate surface area is 79.3 Å². The molecule has 2 aliphatic carbocycles. The second-order valence-corrected chi connectivity index (χ2v) is 9.55. The van der Waals surface area contributed by atoms with E-state index in [1.165, 1.54) is 25.7 Å². The third kappa shape index (κ3) is 1.10. The van der Waals surface area contributed by atoms with Crippen molar-refractivity contribution < 1.29 is 0 Å². The predicted octanol–water partition coefficient (Wildman–Crippen LogP) is 3.24. The van der Waals surface area contributed by atoms with E-state index in [9.17, 15) is 0 Å². The normalized spacial score (nSPS) is 45.2. The number of allylic oxidation sites excluding steroid dienone is 2. The van der Waals surface area contributed by atoms with Crippen molar-refractivity contribution in [2.24, 2.45) is 11.8 Å². The van der Waals surface area contributed by atoms with Gasteiger partial charge < -0.3 is 0 Å². The van der Waals surface area contributed by atoms with E-state index in [4.69, 9.17) is 0 Å². The number of rotatable bonds is 0. The molecule has 0 N–H and O–H groups in total. The SMILES string of the molecule is C[Se+]1CC2CC3=C(C2)CC(C3)C1. The topological polar surface area (TPSA) is 0 Å². The van der Waals surface area contributed by atoms with E-state index < -0.39 is 0 Å². The summed E-state index contributed by atoms with van der Waals surface area (Å²) in [4.78, 5) is 0. The van der Waals surface area contributed by atoms with Gasteiger partial charge in [-0.05, 0) is 0 Å². The molecule has 2 fully saturated rings. The zero-order valence-electron chi connectivity index (χ0n) is 7.81. The maximum absolute atomic E-state index is 2.58. The Bertz CT molecular complexity index is 201. The van der Waals surface area contributed by atoms with E-state index >= 15 is 0 Å². The van der Waals surface area contributed by atoms with E-state index in [-0.39, 0.29) is 13.9 Å². The zero-order chi connectivity index (χ0) is 8.13. The molecule has 0 amide bonds. The van der Waals surface area contributed by atoms with Crippen molar-refractivity contribution in [3.05, 3.63) is 11.1 Å². The Morgan fingerprint density at radius 2 is 1.33 bits per heavy atom.